The molecule has 0 saturated heterocycles. The van der Waals surface area contributed by atoms with Gasteiger partial charge < -0.3 is 9.73 Å². The van der Waals surface area contributed by atoms with E-state index in [4.69, 9.17) is 28.2 Å². The van der Waals surface area contributed by atoms with Gasteiger partial charge in [-0.15, -0.1) is 0 Å². The number of non-ortho nitro benzene ring substituents is 1. The van der Waals surface area contributed by atoms with Gasteiger partial charge in [0.2, 0.25) is 0 Å². The van der Waals surface area contributed by atoms with Gasteiger partial charge in [-0.05, 0) is 42.5 Å². The number of carbonyl (C=O) groups excluding carboxylic acids is 1. The van der Waals surface area contributed by atoms with Gasteiger partial charge >= 0.3 is 0 Å². The van der Waals surface area contributed by atoms with Crippen molar-refractivity contribution in [2.75, 3.05) is 5.32 Å². The summed E-state index contributed by atoms with van der Waals surface area (Å²) in [6.45, 7) is 0. The number of furan rings is 1. The molecular weight excluding hydrogens is 470 g/mol. The van der Waals surface area contributed by atoms with Gasteiger partial charge in [0.15, 0.2) is 10.9 Å². The van der Waals surface area contributed by atoms with Crippen molar-refractivity contribution in [1.82, 2.24) is 5.32 Å². The molecule has 0 radical (unpaired) electrons. The van der Waals surface area contributed by atoms with Crippen LogP contribution in [0, 0.1) is 10.1 Å². The number of nitro benzene ring substituents is 1. The predicted molar refractivity (Wildman–Crippen MR) is 114 cm³/mol. The second-order valence-electron chi connectivity index (χ2n) is 5.50. The van der Waals surface area contributed by atoms with Crippen LogP contribution in [0.15, 0.2) is 63.5 Å². The monoisotopic (exact) mass is 479 g/mol. The third-order valence-electron chi connectivity index (χ3n) is 3.58. The third kappa shape index (κ3) is 4.75. The summed E-state index contributed by atoms with van der Waals surface area (Å²) in [6, 6.07) is 14.1. The highest BCUT2D eigenvalue weighted by molar-refractivity contribution is 9.10. The Morgan fingerprint density at radius 2 is 1.96 bits per heavy atom. The quantitative estimate of drug-likeness (QED) is 0.295. The highest BCUT2D eigenvalue weighted by Gasteiger charge is 2.16. The van der Waals surface area contributed by atoms with Gasteiger partial charge in [-0.25, -0.2) is 0 Å². The van der Waals surface area contributed by atoms with Crippen LogP contribution in [-0.4, -0.2) is 15.9 Å². The molecule has 7 nitrogen and oxygen atoms in total. The molecule has 0 aliphatic rings. The molecule has 0 spiro atoms. The summed E-state index contributed by atoms with van der Waals surface area (Å²) in [5.41, 5.74) is 0.944. The fourth-order valence-electron chi connectivity index (χ4n) is 2.30. The summed E-state index contributed by atoms with van der Waals surface area (Å²) in [6.07, 6.45) is 0. The predicted octanol–water partition coefficient (Wildman–Crippen LogP) is 5.40. The Morgan fingerprint density at radius 3 is 2.68 bits per heavy atom. The Bertz CT molecular complexity index is 1090. The molecule has 0 aliphatic carbocycles. The van der Waals surface area contributed by atoms with Gasteiger partial charge in [-0.3, -0.25) is 20.2 Å². The lowest BCUT2D eigenvalue weighted by Crippen LogP contribution is -2.33. The fraction of sp³-hybridized carbons (Fsp3) is 0. The minimum atomic E-state index is -0.567. The molecule has 0 unspecified atom stereocenters. The topological polar surface area (TPSA) is 97.4 Å². The summed E-state index contributed by atoms with van der Waals surface area (Å²) in [7, 11) is 0. The Kier molecular flexibility index (Phi) is 6.08. The Hall–Kier alpha value is -2.75. The summed E-state index contributed by atoms with van der Waals surface area (Å²) in [5.74, 6) is -0.237. The van der Waals surface area contributed by atoms with Crippen LogP contribution in [0.3, 0.4) is 0 Å². The molecule has 10 heteroatoms. The molecule has 1 aromatic heterocycles. The average Bonchev–Trinajstić information content (AvgIpc) is 3.14. The lowest BCUT2D eigenvalue weighted by Gasteiger charge is -2.10. The van der Waals surface area contributed by atoms with E-state index in [1.807, 2.05) is 0 Å². The molecule has 2 N–H and O–H groups in total. The van der Waals surface area contributed by atoms with Gasteiger partial charge in [0.1, 0.15) is 5.76 Å². The number of nitro groups is 1. The van der Waals surface area contributed by atoms with E-state index in [-0.39, 0.29) is 16.6 Å². The minimum absolute atomic E-state index is 0.00700. The lowest BCUT2D eigenvalue weighted by molar-refractivity contribution is -0.384. The van der Waals surface area contributed by atoms with E-state index in [9.17, 15) is 14.9 Å². The number of benzene rings is 2. The molecule has 1 heterocycles. The number of hydrogen-bond acceptors (Lipinski definition) is 5. The molecule has 3 aromatic rings. The second-order valence-corrected chi connectivity index (χ2v) is 7.23. The summed E-state index contributed by atoms with van der Waals surface area (Å²) < 4.78 is 6.31. The van der Waals surface area contributed by atoms with Crippen molar-refractivity contribution in [2.24, 2.45) is 0 Å². The number of carbonyl (C=O) groups is 1. The molecule has 1 amide bonds. The molecular formula is C18H11BrClN3O4S. The molecule has 0 aliphatic heterocycles. The second kappa shape index (κ2) is 8.51. The molecule has 28 heavy (non-hydrogen) atoms. The Morgan fingerprint density at radius 1 is 1.18 bits per heavy atom. The maximum atomic E-state index is 12.3. The minimum Gasteiger partial charge on any atom is -0.451 e. The van der Waals surface area contributed by atoms with Crippen LogP contribution in [0.2, 0.25) is 5.02 Å². The zero-order valence-corrected chi connectivity index (χ0v) is 17.1. The zero-order valence-electron chi connectivity index (χ0n) is 13.9. The first-order chi connectivity index (χ1) is 13.3. The van der Waals surface area contributed by atoms with E-state index in [2.05, 4.69) is 26.6 Å². The maximum Gasteiger partial charge on any atom is 0.293 e. The number of halogens is 2. The molecule has 0 atom stereocenters. The van der Waals surface area contributed by atoms with Crippen LogP contribution >= 0.6 is 39.7 Å². The molecule has 0 saturated carbocycles. The van der Waals surface area contributed by atoms with Crippen LogP contribution in [-0.2, 0) is 0 Å². The van der Waals surface area contributed by atoms with Crippen LogP contribution in [0.1, 0.15) is 10.6 Å². The third-order valence-corrected chi connectivity index (χ3v) is 4.59. The normalized spacial score (nSPS) is 10.4. The Balaban J connectivity index is 1.69. The first kappa shape index (κ1) is 20.0. The van der Waals surface area contributed by atoms with Crippen LogP contribution in [0.5, 0.6) is 0 Å². The summed E-state index contributed by atoms with van der Waals surface area (Å²) >= 11 is 14.5. The first-order valence-electron chi connectivity index (χ1n) is 7.75. The lowest BCUT2D eigenvalue weighted by atomic mass is 10.1. The smallest absolute Gasteiger partial charge is 0.293 e. The number of hydrogen-bond donors (Lipinski definition) is 2. The highest BCUT2D eigenvalue weighted by atomic mass is 79.9. The largest absolute Gasteiger partial charge is 0.451 e. The number of amides is 1. The van der Waals surface area contributed by atoms with Crippen molar-refractivity contribution >= 4 is 62.1 Å². The molecule has 0 bridgehead atoms. The van der Waals surface area contributed by atoms with E-state index in [0.29, 0.717) is 22.0 Å². The van der Waals surface area contributed by atoms with Crippen molar-refractivity contribution in [2.45, 2.75) is 0 Å². The molecule has 2 aromatic carbocycles. The molecule has 142 valence electrons. The number of nitrogens with one attached hydrogen (secondary N) is 2. The van der Waals surface area contributed by atoms with Gasteiger partial charge in [-0.2, -0.15) is 0 Å². The fourth-order valence-corrected chi connectivity index (χ4v) is 3.22. The number of rotatable bonds is 4. The van der Waals surface area contributed by atoms with Crippen molar-refractivity contribution < 1.29 is 14.1 Å². The maximum absolute atomic E-state index is 12.3. The van der Waals surface area contributed by atoms with E-state index in [0.717, 1.165) is 4.47 Å². The van der Waals surface area contributed by atoms with Crippen molar-refractivity contribution in [1.29, 1.82) is 0 Å². The van der Waals surface area contributed by atoms with E-state index >= 15 is 0 Å². The van der Waals surface area contributed by atoms with Crippen LogP contribution in [0.25, 0.3) is 11.3 Å². The number of nitrogens with zero attached hydrogens (tertiary/aromatic N) is 1. The molecule has 0 fully saturated rings. The van der Waals surface area contributed by atoms with Crippen LogP contribution in [0.4, 0.5) is 11.4 Å². The van der Waals surface area contributed by atoms with E-state index in [1.165, 1.54) is 24.3 Å². The average molecular weight is 481 g/mol. The SMILES string of the molecule is O=C(NC(=S)Nc1ccc(Br)cc1Cl)c1ccc(-c2cccc([N+](=O)[O-])c2)o1. The first-order valence-corrected chi connectivity index (χ1v) is 9.33. The number of anilines is 1. The van der Waals surface area contributed by atoms with Crippen molar-refractivity contribution in [3.63, 3.8) is 0 Å². The zero-order chi connectivity index (χ0) is 20.3. The van der Waals surface area contributed by atoms with Crippen LogP contribution < -0.4 is 10.6 Å². The van der Waals surface area contributed by atoms with Gasteiger partial charge in [0.25, 0.3) is 11.6 Å². The van der Waals surface area contributed by atoms with Crippen molar-refractivity contribution in [3.8, 4) is 11.3 Å². The van der Waals surface area contributed by atoms with E-state index in [1.54, 1.807) is 30.3 Å². The van der Waals surface area contributed by atoms with E-state index < -0.39 is 10.8 Å². The van der Waals surface area contributed by atoms with Gasteiger partial charge in [-0.1, -0.05) is 39.7 Å². The van der Waals surface area contributed by atoms with Gasteiger partial charge in [0, 0.05) is 22.2 Å². The standard InChI is InChI=1S/C18H11BrClN3O4S/c19-11-4-5-14(13(20)9-11)21-18(28)22-17(24)16-7-6-15(27-16)10-2-1-3-12(8-10)23(25)26/h1-9H,(H2,21,22,24,28). The summed E-state index contributed by atoms with van der Waals surface area (Å²) in [5, 5.41) is 16.7. The highest BCUT2D eigenvalue weighted by Crippen LogP contribution is 2.27. The summed E-state index contributed by atoms with van der Waals surface area (Å²) in [4.78, 5) is 22.7. The molecule has 3 rings (SSSR count). The Labute approximate surface area is 178 Å². The van der Waals surface area contributed by atoms with Gasteiger partial charge in [0.05, 0.1) is 15.6 Å². The van der Waals surface area contributed by atoms with Crippen molar-refractivity contribution in [3.05, 3.63) is 80.0 Å². The number of thiocarbonyl (C=S) groups is 1.